The van der Waals surface area contributed by atoms with Crippen molar-refractivity contribution in [1.82, 2.24) is 9.55 Å². The fraction of sp³-hybridized carbons (Fsp3) is 0.353. The first kappa shape index (κ1) is 16.9. The molecule has 0 amide bonds. The molecule has 24 heavy (non-hydrogen) atoms. The van der Waals surface area contributed by atoms with Gasteiger partial charge in [0.15, 0.2) is 0 Å². The van der Waals surface area contributed by atoms with Gasteiger partial charge < -0.3 is 5.11 Å². The summed E-state index contributed by atoms with van der Waals surface area (Å²) in [4.78, 5) is 31.1. The van der Waals surface area contributed by atoms with Crippen LogP contribution in [-0.4, -0.2) is 20.6 Å². The van der Waals surface area contributed by atoms with Gasteiger partial charge in [-0.15, -0.1) is 22.7 Å². The summed E-state index contributed by atoms with van der Waals surface area (Å²) in [6.07, 6.45) is 1.73. The van der Waals surface area contributed by atoms with E-state index in [1.165, 1.54) is 15.9 Å². The number of fused-ring (bicyclic) bond motifs is 1. The number of rotatable bonds is 6. The molecule has 0 radical (unpaired) electrons. The van der Waals surface area contributed by atoms with E-state index in [-0.39, 0.29) is 5.56 Å². The fourth-order valence-electron chi connectivity index (χ4n) is 2.85. The monoisotopic (exact) mass is 362 g/mol. The molecule has 1 N–H and O–H groups in total. The van der Waals surface area contributed by atoms with Crippen LogP contribution in [0.5, 0.6) is 0 Å². The Morgan fingerprint density at radius 3 is 2.75 bits per heavy atom. The van der Waals surface area contributed by atoms with E-state index in [9.17, 15) is 14.7 Å². The van der Waals surface area contributed by atoms with E-state index in [1.54, 1.807) is 18.3 Å². The first-order valence-corrected chi connectivity index (χ1v) is 9.63. The van der Waals surface area contributed by atoms with E-state index < -0.39 is 12.0 Å². The molecule has 0 aliphatic rings. The lowest BCUT2D eigenvalue weighted by atomic mass is 10.1. The second-order valence-electron chi connectivity index (χ2n) is 5.52. The number of hydrogen-bond donors (Lipinski definition) is 1. The average molecular weight is 362 g/mol. The molecule has 0 aliphatic carbocycles. The van der Waals surface area contributed by atoms with Crippen molar-refractivity contribution in [3.05, 3.63) is 39.1 Å². The molecule has 0 aliphatic heterocycles. The smallest absolute Gasteiger partial charge is 0.326 e. The molecule has 0 aromatic carbocycles. The Balaban J connectivity index is 2.33. The van der Waals surface area contributed by atoms with E-state index in [0.29, 0.717) is 28.9 Å². The quantitative estimate of drug-likeness (QED) is 0.714. The summed E-state index contributed by atoms with van der Waals surface area (Å²) in [5, 5.41) is 14.0. The molecule has 3 aromatic heterocycles. The summed E-state index contributed by atoms with van der Waals surface area (Å²) in [5.74, 6) is -0.435. The topological polar surface area (TPSA) is 72.2 Å². The minimum atomic E-state index is -0.994. The number of nitrogens with zero attached hydrogens (tertiary/aromatic N) is 2. The molecular formula is C17H18N2O3S2. The molecule has 126 valence electrons. The third-order valence-corrected chi connectivity index (χ3v) is 5.73. The summed E-state index contributed by atoms with van der Waals surface area (Å²) in [7, 11) is 0. The van der Waals surface area contributed by atoms with Gasteiger partial charge in [0.2, 0.25) is 0 Å². The van der Waals surface area contributed by atoms with Gasteiger partial charge in [-0.2, -0.15) is 0 Å². The lowest BCUT2D eigenvalue weighted by Gasteiger charge is -2.18. The van der Waals surface area contributed by atoms with Crippen LogP contribution in [0.4, 0.5) is 0 Å². The van der Waals surface area contributed by atoms with E-state index in [0.717, 1.165) is 16.9 Å². The molecule has 0 saturated heterocycles. The van der Waals surface area contributed by atoms with Gasteiger partial charge in [0.25, 0.3) is 5.56 Å². The molecular weight excluding hydrogens is 344 g/mol. The van der Waals surface area contributed by atoms with Crippen molar-refractivity contribution >= 4 is 38.9 Å². The van der Waals surface area contributed by atoms with E-state index in [1.807, 2.05) is 29.8 Å². The van der Waals surface area contributed by atoms with E-state index in [2.05, 4.69) is 4.98 Å². The van der Waals surface area contributed by atoms with Crippen LogP contribution in [0.2, 0.25) is 0 Å². The first-order chi connectivity index (χ1) is 11.6. The maximum Gasteiger partial charge on any atom is 0.326 e. The molecule has 7 heteroatoms. The molecule has 0 fully saturated rings. The highest BCUT2D eigenvalue weighted by atomic mass is 32.1. The van der Waals surface area contributed by atoms with Gasteiger partial charge in [0, 0.05) is 22.2 Å². The van der Waals surface area contributed by atoms with Gasteiger partial charge in [-0.25, -0.2) is 9.78 Å². The zero-order valence-electron chi connectivity index (χ0n) is 13.5. The second kappa shape index (κ2) is 6.86. The van der Waals surface area contributed by atoms with Crippen LogP contribution >= 0.6 is 22.7 Å². The number of carboxylic acids is 1. The molecule has 0 saturated carbocycles. The summed E-state index contributed by atoms with van der Waals surface area (Å²) in [6.45, 7) is 3.77. The fourth-order valence-corrected chi connectivity index (χ4v) is 4.62. The third-order valence-electron chi connectivity index (χ3n) is 3.96. The molecule has 3 heterocycles. The standard InChI is InChI=1S/C17H18N2O3S2/c1-3-6-13-18-15-14(10(9-24-15)12-7-5-8-23-12)16(20)19(13)11(4-2)17(21)22/h5,7-9,11H,3-4,6H2,1-2H3,(H,21,22). The highest BCUT2D eigenvalue weighted by Crippen LogP contribution is 2.34. The third kappa shape index (κ3) is 2.78. The number of aliphatic carboxylic acids is 1. The van der Waals surface area contributed by atoms with Crippen LogP contribution in [0.25, 0.3) is 20.7 Å². The van der Waals surface area contributed by atoms with Crippen molar-refractivity contribution in [3.8, 4) is 10.4 Å². The predicted molar refractivity (Wildman–Crippen MR) is 98.2 cm³/mol. The number of carboxylic acid groups (broad SMARTS) is 1. The van der Waals surface area contributed by atoms with E-state index >= 15 is 0 Å². The van der Waals surface area contributed by atoms with Crippen LogP contribution in [0.15, 0.2) is 27.7 Å². The van der Waals surface area contributed by atoms with Crippen molar-refractivity contribution < 1.29 is 9.90 Å². The van der Waals surface area contributed by atoms with Gasteiger partial charge in [-0.05, 0) is 24.3 Å². The molecule has 3 aromatic rings. The van der Waals surface area contributed by atoms with Gasteiger partial charge in [-0.1, -0.05) is 19.9 Å². The molecule has 1 unspecified atom stereocenters. The average Bonchev–Trinajstić information content (AvgIpc) is 3.19. The van der Waals surface area contributed by atoms with Crippen LogP contribution in [-0.2, 0) is 11.2 Å². The Morgan fingerprint density at radius 1 is 1.38 bits per heavy atom. The zero-order valence-corrected chi connectivity index (χ0v) is 15.1. The molecule has 0 bridgehead atoms. The van der Waals surface area contributed by atoms with Crippen molar-refractivity contribution in [2.75, 3.05) is 0 Å². The Bertz CT molecular complexity index is 925. The predicted octanol–water partition coefficient (Wildman–Crippen LogP) is 4.17. The van der Waals surface area contributed by atoms with E-state index in [4.69, 9.17) is 0 Å². The summed E-state index contributed by atoms with van der Waals surface area (Å²) in [6, 6.07) is 3.02. The van der Waals surface area contributed by atoms with Crippen LogP contribution in [0.3, 0.4) is 0 Å². The van der Waals surface area contributed by atoms with Crippen LogP contribution in [0, 0.1) is 0 Å². The number of aromatic nitrogens is 2. The molecule has 5 nitrogen and oxygen atoms in total. The van der Waals surface area contributed by atoms with Crippen LogP contribution < -0.4 is 5.56 Å². The largest absolute Gasteiger partial charge is 0.480 e. The molecule has 1 atom stereocenters. The van der Waals surface area contributed by atoms with Crippen molar-refractivity contribution in [2.45, 2.75) is 39.2 Å². The number of thiophene rings is 2. The Labute approximate surface area is 147 Å². The first-order valence-electron chi connectivity index (χ1n) is 7.87. The number of carbonyl (C=O) groups is 1. The van der Waals surface area contributed by atoms with Crippen molar-refractivity contribution in [3.63, 3.8) is 0 Å². The van der Waals surface area contributed by atoms with Crippen molar-refractivity contribution in [2.24, 2.45) is 0 Å². The normalized spacial score (nSPS) is 12.6. The maximum atomic E-state index is 13.2. The molecule has 0 spiro atoms. The SMILES string of the molecule is CCCc1nc2scc(-c3cccs3)c2c(=O)n1C(CC)C(=O)O. The Morgan fingerprint density at radius 2 is 2.17 bits per heavy atom. The summed E-state index contributed by atoms with van der Waals surface area (Å²) in [5.41, 5.74) is 0.599. The minimum absolute atomic E-state index is 0.248. The zero-order chi connectivity index (χ0) is 17.3. The summed E-state index contributed by atoms with van der Waals surface area (Å²) < 4.78 is 1.39. The highest BCUT2D eigenvalue weighted by Gasteiger charge is 2.25. The lowest BCUT2D eigenvalue weighted by molar-refractivity contribution is -0.141. The Hall–Kier alpha value is -1.99. The number of aryl methyl sites for hydroxylation is 1. The van der Waals surface area contributed by atoms with Gasteiger partial charge in [-0.3, -0.25) is 9.36 Å². The molecule has 3 rings (SSSR count). The lowest BCUT2D eigenvalue weighted by Crippen LogP contribution is -2.33. The highest BCUT2D eigenvalue weighted by molar-refractivity contribution is 7.18. The maximum absolute atomic E-state index is 13.2. The summed E-state index contributed by atoms with van der Waals surface area (Å²) >= 11 is 3.00. The Kier molecular flexibility index (Phi) is 4.82. The van der Waals surface area contributed by atoms with Crippen LogP contribution in [0.1, 0.15) is 38.6 Å². The second-order valence-corrected chi connectivity index (χ2v) is 7.33. The van der Waals surface area contributed by atoms with Crippen molar-refractivity contribution in [1.29, 1.82) is 0 Å². The van der Waals surface area contributed by atoms with Gasteiger partial charge in [0.1, 0.15) is 16.7 Å². The van der Waals surface area contributed by atoms with Gasteiger partial charge >= 0.3 is 5.97 Å². The number of hydrogen-bond acceptors (Lipinski definition) is 5. The minimum Gasteiger partial charge on any atom is -0.480 e. The van der Waals surface area contributed by atoms with Gasteiger partial charge in [0.05, 0.1) is 5.39 Å².